The predicted molar refractivity (Wildman–Crippen MR) is 73.6 cm³/mol. The summed E-state index contributed by atoms with van der Waals surface area (Å²) < 4.78 is 0. The van der Waals surface area contributed by atoms with Crippen LogP contribution < -0.4 is 0 Å². The molecule has 0 aliphatic carbocycles. The van der Waals surface area contributed by atoms with Gasteiger partial charge in [-0.2, -0.15) is 5.26 Å². The maximum absolute atomic E-state index is 12.3. The first-order valence-corrected chi connectivity index (χ1v) is 6.36. The molecule has 1 aromatic carbocycles. The van der Waals surface area contributed by atoms with Gasteiger partial charge >= 0.3 is 0 Å². The molecule has 0 aromatic heterocycles. The van der Waals surface area contributed by atoms with Gasteiger partial charge in [-0.3, -0.25) is 4.79 Å². The summed E-state index contributed by atoms with van der Waals surface area (Å²) >= 11 is 0. The molecular formula is C16H21NO. The third kappa shape index (κ3) is 2.98. The molecule has 0 saturated carbocycles. The van der Waals surface area contributed by atoms with Gasteiger partial charge < -0.3 is 0 Å². The Bertz CT molecular complexity index is 489. The Morgan fingerprint density at radius 1 is 1.39 bits per heavy atom. The molecule has 0 fully saturated rings. The molecule has 1 atom stereocenters. The Morgan fingerprint density at radius 3 is 2.44 bits per heavy atom. The van der Waals surface area contributed by atoms with E-state index in [0.717, 1.165) is 11.1 Å². The predicted octanol–water partition coefficient (Wildman–Crippen LogP) is 4.03. The summed E-state index contributed by atoms with van der Waals surface area (Å²) in [5, 5.41) is 9.01. The number of benzene rings is 1. The van der Waals surface area contributed by atoms with E-state index in [1.165, 1.54) is 0 Å². The topological polar surface area (TPSA) is 40.9 Å². The highest BCUT2D eigenvalue weighted by molar-refractivity contribution is 6.00. The zero-order chi connectivity index (χ0) is 13.9. The van der Waals surface area contributed by atoms with Crippen LogP contribution in [0.2, 0.25) is 0 Å². The second kappa shape index (κ2) is 5.35. The van der Waals surface area contributed by atoms with Crippen LogP contribution in [0.3, 0.4) is 0 Å². The molecule has 0 spiro atoms. The number of rotatable bonds is 3. The summed E-state index contributed by atoms with van der Waals surface area (Å²) in [6.45, 7) is 10.1. The number of hydrogen-bond donors (Lipinski definition) is 0. The van der Waals surface area contributed by atoms with Gasteiger partial charge in [0.1, 0.15) is 5.92 Å². The third-order valence-corrected chi connectivity index (χ3v) is 3.25. The number of carbonyl (C=O) groups excluding carboxylic acids is 1. The van der Waals surface area contributed by atoms with E-state index >= 15 is 0 Å². The van der Waals surface area contributed by atoms with Gasteiger partial charge in [0.15, 0.2) is 5.78 Å². The third-order valence-electron chi connectivity index (χ3n) is 3.25. The van der Waals surface area contributed by atoms with E-state index in [1.54, 1.807) is 0 Å². The molecule has 0 heterocycles. The van der Waals surface area contributed by atoms with E-state index in [2.05, 4.69) is 32.9 Å². The highest BCUT2D eigenvalue weighted by Crippen LogP contribution is 2.26. The van der Waals surface area contributed by atoms with Gasteiger partial charge in [0.05, 0.1) is 6.07 Å². The van der Waals surface area contributed by atoms with Crippen LogP contribution in [0.25, 0.3) is 0 Å². The van der Waals surface area contributed by atoms with Crippen molar-refractivity contribution in [3.8, 4) is 6.07 Å². The first-order chi connectivity index (χ1) is 8.31. The summed E-state index contributed by atoms with van der Waals surface area (Å²) in [4.78, 5) is 12.3. The molecule has 96 valence electrons. The van der Waals surface area contributed by atoms with Gasteiger partial charge in [0, 0.05) is 5.56 Å². The van der Waals surface area contributed by atoms with Crippen LogP contribution in [0.15, 0.2) is 18.2 Å². The minimum atomic E-state index is -0.529. The molecule has 0 radical (unpaired) electrons. The van der Waals surface area contributed by atoms with Gasteiger partial charge in [-0.15, -0.1) is 0 Å². The SMILES string of the molecule is CCC(C#N)C(=O)c1cc(C(C)(C)C)ccc1C. The normalized spacial score (nSPS) is 12.9. The maximum atomic E-state index is 12.3. The fraction of sp³-hybridized carbons (Fsp3) is 0.500. The number of ketones is 1. The molecule has 1 unspecified atom stereocenters. The van der Waals surface area contributed by atoms with Crippen molar-refractivity contribution in [2.45, 2.75) is 46.5 Å². The van der Waals surface area contributed by atoms with E-state index in [0.29, 0.717) is 12.0 Å². The second-order valence-electron chi connectivity index (χ2n) is 5.73. The van der Waals surface area contributed by atoms with Crippen LogP contribution in [0.1, 0.15) is 55.6 Å². The molecule has 0 N–H and O–H groups in total. The maximum Gasteiger partial charge on any atom is 0.180 e. The summed E-state index contributed by atoms with van der Waals surface area (Å²) in [5.41, 5.74) is 2.78. The molecule has 0 amide bonds. The smallest absolute Gasteiger partial charge is 0.180 e. The number of Topliss-reactive ketones (excluding diaryl/α,β-unsaturated/α-hetero) is 1. The van der Waals surface area contributed by atoms with Crippen molar-refractivity contribution < 1.29 is 4.79 Å². The van der Waals surface area contributed by atoms with E-state index < -0.39 is 5.92 Å². The Labute approximate surface area is 110 Å². The van der Waals surface area contributed by atoms with Gasteiger partial charge in [-0.25, -0.2) is 0 Å². The number of carbonyl (C=O) groups is 1. The van der Waals surface area contributed by atoms with E-state index in [1.807, 2.05) is 26.0 Å². The first kappa shape index (κ1) is 14.4. The highest BCUT2D eigenvalue weighted by Gasteiger charge is 2.22. The minimum absolute atomic E-state index is 0.0110. The lowest BCUT2D eigenvalue weighted by molar-refractivity contribution is 0.0946. The number of nitrogens with zero attached hydrogens (tertiary/aromatic N) is 1. The second-order valence-corrected chi connectivity index (χ2v) is 5.73. The molecule has 2 heteroatoms. The first-order valence-electron chi connectivity index (χ1n) is 6.36. The average molecular weight is 243 g/mol. The standard InChI is InChI=1S/C16H21NO/c1-6-12(10-17)15(18)14-9-13(16(3,4)5)8-7-11(14)2/h7-9,12H,6H2,1-5H3. The summed E-state index contributed by atoms with van der Waals surface area (Å²) in [6.07, 6.45) is 0.564. The minimum Gasteiger partial charge on any atom is -0.293 e. The van der Waals surface area contributed by atoms with Crippen LogP contribution >= 0.6 is 0 Å². The van der Waals surface area contributed by atoms with Crippen molar-refractivity contribution in [1.82, 2.24) is 0 Å². The average Bonchev–Trinajstić information content (AvgIpc) is 2.29. The molecular weight excluding hydrogens is 222 g/mol. The Kier molecular flexibility index (Phi) is 4.29. The number of aryl methyl sites for hydroxylation is 1. The van der Waals surface area contributed by atoms with Gasteiger partial charge in [0.25, 0.3) is 0 Å². The van der Waals surface area contributed by atoms with Crippen LogP contribution in [-0.4, -0.2) is 5.78 Å². The summed E-state index contributed by atoms with van der Waals surface area (Å²) in [5.74, 6) is -0.581. The summed E-state index contributed by atoms with van der Waals surface area (Å²) in [7, 11) is 0. The van der Waals surface area contributed by atoms with Crippen molar-refractivity contribution in [2.75, 3.05) is 0 Å². The zero-order valence-electron chi connectivity index (χ0n) is 11.9. The lowest BCUT2D eigenvalue weighted by Crippen LogP contribution is -2.17. The number of hydrogen-bond acceptors (Lipinski definition) is 2. The monoisotopic (exact) mass is 243 g/mol. The van der Waals surface area contributed by atoms with Crippen molar-refractivity contribution in [3.63, 3.8) is 0 Å². The van der Waals surface area contributed by atoms with Gasteiger partial charge in [0.2, 0.25) is 0 Å². The largest absolute Gasteiger partial charge is 0.293 e. The van der Waals surface area contributed by atoms with Crippen molar-refractivity contribution >= 4 is 5.78 Å². The van der Waals surface area contributed by atoms with Crippen molar-refractivity contribution in [2.24, 2.45) is 5.92 Å². The van der Waals surface area contributed by atoms with E-state index in [-0.39, 0.29) is 11.2 Å². The Hall–Kier alpha value is -1.62. The molecule has 0 bridgehead atoms. The molecule has 18 heavy (non-hydrogen) atoms. The van der Waals surface area contributed by atoms with Crippen LogP contribution in [0.5, 0.6) is 0 Å². The van der Waals surface area contributed by atoms with Gasteiger partial charge in [-0.1, -0.05) is 39.8 Å². The number of nitriles is 1. The fourth-order valence-electron chi connectivity index (χ4n) is 1.88. The molecule has 1 aromatic rings. The van der Waals surface area contributed by atoms with Crippen LogP contribution in [-0.2, 0) is 5.41 Å². The van der Waals surface area contributed by atoms with E-state index in [4.69, 9.17) is 5.26 Å². The molecule has 0 saturated heterocycles. The Balaban J connectivity index is 3.25. The summed E-state index contributed by atoms with van der Waals surface area (Å²) in [6, 6.07) is 8.05. The lowest BCUT2D eigenvalue weighted by Gasteiger charge is -2.21. The quantitative estimate of drug-likeness (QED) is 0.752. The van der Waals surface area contributed by atoms with Crippen molar-refractivity contribution in [3.05, 3.63) is 34.9 Å². The Morgan fingerprint density at radius 2 is 2.00 bits per heavy atom. The molecule has 2 nitrogen and oxygen atoms in total. The van der Waals surface area contributed by atoms with E-state index in [9.17, 15) is 4.79 Å². The highest BCUT2D eigenvalue weighted by atomic mass is 16.1. The molecule has 0 aliphatic rings. The lowest BCUT2D eigenvalue weighted by atomic mass is 9.83. The van der Waals surface area contributed by atoms with Gasteiger partial charge in [-0.05, 0) is 36.0 Å². The van der Waals surface area contributed by atoms with Crippen molar-refractivity contribution in [1.29, 1.82) is 5.26 Å². The molecule has 0 aliphatic heterocycles. The molecule has 1 rings (SSSR count). The van der Waals surface area contributed by atoms with Crippen LogP contribution in [0.4, 0.5) is 0 Å². The zero-order valence-corrected chi connectivity index (χ0v) is 11.9. The van der Waals surface area contributed by atoms with Crippen LogP contribution in [0, 0.1) is 24.2 Å². The fourth-order valence-corrected chi connectivity index (χ4v) is 1.88.